The van der Waals surface area contributed by atoms with E-state index in [0.29, 0.717) is 6.54 Å². The Morgan fingerprint density at radius 3 is 2.27 bits per heavy atom. The van der Waals surface area contributed by atoms with E-state index < -0.39 is 10.0 Å². The molecule has 0 heterocycles. The number of rotatable bonds is 4. The minimum absolute atomic E-state index is 0.195. The van der Waals surface area contributed by atoms with Crippen molar-refractivity contribution in [1.82, 2.24) is 3.82 Å². The van der Waals surface area contributed by atoms with Crippen molar-refractivity contribution in [2.24, 2.45) is 5.92 Å². The van der Waals surface area contributed by atoms with Crippen molar-refractivity contribution >= 4 is 21.8 Å². The number of halogens is 1. The van der Waals surface area contributed by atoms with Crippen LogP contribution in [0.3, 0.4) is 0 Å². The first kappa shape index (κ1) is 12.5. The molecule has 1 aromatic carbocycles. The maximum absolute atomic E-state index is 11.9. The SMILES string of the molecule is CC(C)CN(Cl)S(=O)(=O)c1ccccc1. The Kier molecular flexibility index (Phi) is 4.13. The molecule has 3 nitrogen and oxygen atoms in total. The first-order valence-electron chi connectivity index (χ1n) is 4.68. The van der Waals surface area contributed by atoms with Gasteiger partial charge in [-0.15, -0.1) is 3.82 Å². The summed E-state index contributed by atoms with van der Waals surface area (Å²) in [5.41, 5.74) is 0. The highest BCUT2D eigenvalue weighted by atomic mass is 35.5. The molecule has 0 spiro atoms. The monoisotopic (exact) mass is 247 g/mol. The van der Waals surface area contributed by atoms with Gasteiger partial charge < -0.3 is 0 Å². The molecule has 5 heteroatoms. The van der Waals surface area contributed by atoms with Crippen LogP contribution < -0.4 is 0 Å². The average Bonchev–Trinajstić information content (AvgIpc) is 2.18. The number of sulfonamides is 1. The predicted octanol–water partition coefficient (Wildman–Crippen LogP) is 2.49. The van der Waals surface area contributed by atoms with Gasteiger partial charge in [0.25, 0.3) is 10.0 Å². The molecule has 0 unspecified atom stereocenters. The Bertz CT molecular complexity index is 403. The van der Waals surface area contributed by atoms with Crippen molar-refractivity contribution < 1.29 is 8.42 Å². The molecule has 0 atom stereocenters. The minimum atomic E-state index is -3.54. The van der Waals surface area contributed by atoms with E-state index in [-0.39, 0.29) is 10.8 Å². The lowest BCUT2D eigenvalue weighted by Crippen LogP contribution is -2.25. The lowest BCUT2D eigenvalue weighted by atomic mass is 10.2. The van der Waals surface area contributed by atoms with Gasteiger partial charge in [0.2, 0.25) is 0 Å². The van der Waals surface area contributed by atoms with Gasteiger partial charge in [0.05, 0.1) is 4.90 Å². The molecule has 0 radical (unpaired) electrons. The van der Waals surface area contributed by atoms with Crippen LogP contribution in [-0.2, 0) is 10.0 Å². The second-order valence-electron chi connectivity index (χ2n) is 3.68. The number of hydrogen-bond acceptors (Lipinski definition) is 2. The van der Waals surface area contributed by atoms with E-state index in [4.69, 9.17) is 11.8 Å². The molecule has 0 aromatic heterocycles. The summed E-state index contributed by atoms with van der Waals surface area (Å²) in [6.45, 7) is 4.13. The third-order valence-corrected chi connectivity index (χ3v) is 4.03. The van der Waals surface area contributed by atoms with Crippen molar-refractivity contribution in [3.8, 4) is 0 Å². The summed E-state index contributed by atoms with van der Waals surface area (Å²) in [6, 6.07) is 8.18. The zero-order valence-corrected chi connectivity index (χ0v) is 10.3. The molecule has 0 N–H and O–H groups in total. The van der Waals surface area contributed by atoms with Gasteiger partial charge in [-0.2, -0.15) is 0 Å². The molecule has 1 aromatic rings. The molecule has 0 bridgehead atoms. The van der Waals surface area contributed by atoms with E-state index in [2.05, 4.69) is 0 Å². The summed E-state index contributed by atoms with van der Waals surface area (Å²) < 4.78 is 24.6. The van der Waals surface area contributed by atoms with Gasteiger partial charge in [-0.05, 0) is 29.8 Å². The molecule has 0 aliphatic carbocycles. The van der Waals surface area contributed by atoms with Gasteiger partial charge in [-0.25, -0.2) is 8.42 Å². The van der Waals surface area contributed by atoms with E-state index >= 15 is 0 Å². The first-order valence-corrected chi connectivity index (χ1v) is 6.46. The summed E-state index contributed by atoms with van der Waals surface area (Å²) in [7, 11) is -3.54. The van der Waals surface area contributed by atoms with E-state index in [0.717, 1.165) is 3.82 Å². The van der Waals surface area contributed by atoms with Gasteiger partial charge in [0, 0.05) is 6.54 Å². The van der Waals surface area contributed by atoms with Crippen LogP contribution in [0.4, 0.5) is 0 Å². The van der Waals surface area contributed by atoms with Crippen LogP contribution >= 0.6 is 11.8 Å². The summed E-state index contributed by atoms with van der Waals surface area (Å²) in [6.07, 6.45) is 0. The molecule has 0 amide bonds. The van der Waals surface area contributed by atoms with E-state index in [1.54, 1.807) is 18.2 Å². The Balaban J connectivity index is 2.94. The fourth-order valence-electron chi connectivity index (χ4n) is 1.09. The van der Waals surface area contributed by atoms with Crippen LogP contribution in [0.15, 0.2) is 35.2 Å². The summed E-state index contributed by atoms with van der Waals surface area (Å²) >= 11 is 5.75. The van der Waals surface area contributed by atoms with Crippen LogP contribution in [0.1, 0.15) is 13.8 Å². The molecule has 15 heavy (non-hydrogen) atoms. The lowest BCUT2D eigenvalue weighted by Gasteiger charge is -2.15. The van der Waals surface area contributed by atoms with Gasteiger partial charge >= 0.3 is 0 Å². The quantitative estimate of drug-likeness (QED) is 0.767. The molecule has 84 valence electrons. The zero-order chi connectivity index (χ0) is 11.5. The zero-order valence-electron chi connectivity index (χ0n) is 8.72. The summed E-state index contributed by atoms with van der Waals surface area (Å²) in [5.74, 6) is 0.195. The van der Waals surface area contributed by atoms with Gasteiger partial charge in [0.1, 0.15) is 0 Å². The van der Waals surface area contributed by atoms with E-state index in [1.807, 2.05) is 13.8 Å². The molecule has 0 saturated carbocycles. The third-order valence-electron chi connectivity index (χ3n) is 1.81. The van der Waals surface area contributed by atoms with Gasteiger partial charge in [-0.1, -0.05) is 32.0 Å². The molecule has 0 saturated heterocycles. The second kappa shape index (κ2) is 4.96. The van der Waals surface area contributed by atoms with Crippen LogP contribution in [-0.4, -0.2) is 18.8 Å². The first-order chi connectivity index (χ1) is 6.94. The van der Waals surface area contributed by atoms with Gasteiger partial charge in [0.15, 0.2) is 0 Å². The largest absolute Gasteiger partial charge is 0.256 e. The van der Waals surface area contributed by atoms with Crippen molar-refractivity contribution in [3.63, 3.8) is 0 Å². The highest BCUT2D eigenvalue weighted by Gasteiger charge is 2.22. The number of nitrogens with zero attached hydrogens (tertiary/aromatic N) is 1. The summed E-state index contributed by atoms with van der Waals surface area (Å²) in [5, 5.41) is 0. The van der Waals surface area contributed by atoms with Crippen LogP contribution in [0, 0.1) is 5.92 Å². The number of benzene rings is 1. The molecule has 0 aliphatic rings. The maximum Gasteiger partial charge on any atom is 0.256 e. The molecule has 1 rings (SSSR count). The Labute approximate surface area is 95.8 Å². The number of hydrogen-bond donors (Lipinski definition) is 0. The topological polar surface area (TPSA) is 37.4 Å². The fourth-order valence-corrected chi connectivity index (χ4v) is 2.83. The standard InChI is InChI=1S/C10H14ClNO2S/c1-9(2)8-12(11)15(13,14)10-6-4-3-5-7-10/h3-7,9H,8H2,1-2H3. The van der Waals surface area contributed by atoms with Crippen LogP contribution in [0.25, 0.3) is 0 Å². The Morgan fingerprint density at radius 2 is 1.80 bits per heavy atom. The van der Waals surface area contributed by atoms with Crippen molar-refractivity contribution in [2.45, 2.75) is 18.7 Å². The maximum atomic E-state index is 11.9. The Morgan fingerprint density at radius 1 is 1.27 bits per heavy atom. The predicted molar refractivity (Wildman–Crippen MR) is 61.0 cm³/mol. The Hall–Kier alpha value is -0.580. The smallest absolute Gasteiger partial charge is 0.206 e. The van der Waals surface area contributed by atoms with E-state index in [1.165, 1.54) is 12.1 Å². The van der Waals surface area contributed by atoms with Crippen molar-refractivity contribution in [3.05, 3.63) is 30.3 Å². The van der Waals surface area contributed by atoms with Crippen molar-refractivity contribution in [1.29, 1.82) is 0 Å². The molecule has 0 fully saturated rings. The highest BCUT2D eigenvalue weighted by Crippen LogP contribution is 2.18. The molecular weight excluding hydrogens is 234 g/mol. The van der Waals surface area contributed by atoms with Gasteiger partial charge in [-0.3, -0.25) is 0 Å². The third kappa shape index (κ3) is 3.19. The van der Waals surface area contributed by atoms with Crippen LogP contribution in [0.2, 0.25) is 0 Å². The van der Waals surface area contributed by atoms with E-state index in [9.17, 15) is 8.42 Å². The second-order valence-corrected chi connectivity index (χ2v) is 6.15. The normalized spacial score (nSPS) is 12.3. The molecule has 0 aliphatic heterocycles. The average molecular weight is 248 g/mol. The van der Waals surface area contributed by atoms with Crippen molar-refractivity contribution in [2.75, 3.05) is 6.54 Å². The lowest BCUT2D eigenvalue weighted by molar-refractivity contribution is 0.486. The molecular formula is C10H14ClNO2S. The minimum Gasteiger partial charge on any atom is -0.206 e. The highest BCUT2D eigenvalue weighted by molar-refractivity contribution is 7.90. The van der Waals surface area contributed by atoms with Crippen LogP contribution in [0.5, 0.6) is 0 Å². The summed E-state index contributed by atoms with van der Waals surface area (Å²) in [4.78, 5) is 0.223. The fraction of sp³-hybridized carbons (Fsp3) is 0.400.